The van der Waals surface area contributed by atoms with Crippen molar-refractivity contribution in [3.8, 4) is 0 Å². The largest absolute Gasteiger partial charge is 0.289 e. The van der Waals surface area contributed by atoms with Crippen LogP contribution in [0.15, 0.2) is 40.9 Å². The van der Waals surface area contributed by atoms with Gasteiger partial charge in [-0.1, -0.05) is 39.7 Å². The molecule has 18 heavy (non-hydrogen) atoms. The normalized spacial score (nSPS) is 10.4. The van der Waals surface area contributed by atoms with E-state index in [0.29, 0.717) is 0 Å². The molecule has 0 aliphatic carbocycles. The summed E-state index contributed by atoms with van der Waals surface area (Å²) in [5.74, 6) is 0.0636. The molecule has 1 nitrogen and oxygen atoms in total. The van der Waals surface area contributed by atoms with Gasteiger partial charge in [-0.25, -0.2) is 0 Å². The monoisotopic (exact) mass is 302 g/mol. The highest BCUT2D eigenvalue weighted by molar-refractivity contribution is 9.10. The number of aryl methyl sites for hydroxylation is 3. The Morgan fingerprint density at radius 1 is 0.944 bits per heavy atom. The Labute approximate surface area is 116 Å². The highest BCUT2D eigenvalue weighted by Crippen LogP contribution is 2.22. The van der Waals surface area contributed by atoms with Crippen LogP contribution in [-0.4, -0.2) is 5.78 Å². The van der Waals surface area contributed by atoms with Gasteiger partial charge in [-0.3, -0.25) is 4.79 Å². The summed E-state index contributed by atoms with van der Waals surface area (Å²) in [4.78, 5) is 12.5. The minimum Gasteiger partial charge on any atom is -0.289 e. The summed E-state index contributed by atoms with van der Waals surface area (Å²) >= 11 is 3.44. The number of ketones is 1. The van der Waals surface area contributed by atoms with Gasteiger partial charge in [-0.2, -0.15) is 0 Å². The van der Waals surface area contributed by atoms with Crippen molar-refractivity contribution in [1.29, 1.82) is 0 Å². The van der Waals surface area contributed by atoms with Crippen LogP contribution in [0.3, 0.4) is 0 Å². The van der Waals surface area contributed by atoms with Gasteiger partial charge in [0, 0.05) is 15.6 Å². The number of rotatable bonds is 2. The zero-order valence-corrected chi connectivity index (χ0v) is 12.3. The van der Waals surface area contributed by atoms with Crippen LogP contribution < -0.4 is 0 Å². The molecule has 0 N–H and O–H groups in total. The lowest BCUT2D eigenvalue weighted by atomic mass is 9.98. The molecule has 0 atom stereocenters. The summed E-state index contributed by atoms with van der Waals surface area (Å²) in [6, 6.07) is 11.7. The second-order valence-electron chi connectivity index (χ2n) is 4.61. The lowest BCUT2D eigenvalue weighted by Crippen LogP contribution is -2.03. The van der Waals surface area contributed by atoms with Crippen molar-refractivity contribution in [3.63, 3.8) is 0 Å². The number of hydrogen-bond donors (Lipinski definition) is 0. The molecule has 2 aromatic carbocycles. The maximum Gasteiger partial charge on any atom is 0.194 e. The Balaban J connectivity index is 2.47. The van der Waals surface area contributed by atoms with Crippen molar-refractivity contribution >= 4 is 21.7 Å². The average molecular weight is 303 g/mol. The third-order valence-electron chi connectivity index (χ3n) is 3.14. The Hall–Kier alpha value is -1.41. The van der Waals surface area contributed by atoms with E-state index in [1.54, 1.807) is 0 Å². The van der Waals surface area contributed by atoms with Gasteiger partial charge in [0.15, 0.2) is 5.78 Å². The maximum absolute atomic E-state index is 12.5. The maximum atomic E-state index is 12.5. The average Bonchev–Trinajstić information content (AvgIpc) is 2.35. The van der Waals surface area contributed by atoms with Crippen LogP contribution >= 0.6 is 15.9 Å². The van der Waals surface area contributed by atoms with Gasteiger partial charge in [-0.15, -0.1) is 0 Å². The van der Waals surface area contributed by atoms with E-state index in [0.717, 1.165) is 26.7 Å². The Morgan fingerprint density at radius 3 is 2.33 bits per heavy atom. The standard InChI is InChI=1S/C16H15BrO/c1-10-4-7-15(17)14(8-10)16(18)13-6-5-11(2)12(3)9-13/h4-9H,1-3H3. The fraction of sp³-hybridized carbons (Fsp3) is 0.188. The molecule has 92 valence electrons. The first-order valence-corrected chi connectivity index (χ1v) is 6.66. The highest BCUT2D eigenvalue weighted by Gasteiger charge is 2.13. The van der Waals surface area contributed by atoms with E-state index in [9.17, 15) is 4.79 Å². The van der Waals surface area contributed by atoms with E-state index < -0.39 is 0 Å². The van der Waals surface area contributed by atoms with Crippen molar-refractivity contribution in [2.75, 3.05) is 0 Å². The number of hydrogen-bond acceptors (Lipinski definition) is 1. The zero-order valence-electron chi connectivity index (χ0n) is 10.8. The number of halogens is 1. The molecule has 0 unspecified atom stereocenters. The first kappa shape index (κ1) is 13.0. The summed E-state index contributed by atoms with van der Waals surface area (Å²) in [7, 11) is 0. The summed E-state index contributed by atoms with van der Waals surface area (Å²) in [5, 5.41) is 0. The minimum atomic E-state index is 0.0636. The molecule has 0 heterocycles. The van der Waals surface area contributed by atoms with Gasteiger partial charge in [0.1, 0.15) is 0 Å². The van der Waals surface area contributed by atoms with Crippen LogP contribution in [-0.2, 0) is 0 Å². The van der Waals surface area contributed by atoms with Crippen LogP contribution in [0.2, 0.25) is 0 Å². The molecular weight excluding hydrogens is 288 g/mol. The van der Waals surface area contributed by atoms with Crippen LogP contribution in [0, 0.1) is 20.8 Å². The molecule has 0 spiro atoms. The molecule has 0 saturated heterocycles. The van der Waals surface area contributed by atoms with Crippen LogP contribution in [0.4, 0.5) is 0 Å². The fourth-order valence-electron chi connectivity index (χ4n) is 1.85. The quantitative estimate of drug-likeness (QED) is 0.741. The van der Waals surface area contributed by atoms with Crippen molar-refractivity contribution in [3.05, 3.63) is 68.7 Å². The van der Waals surface area contributed by atoms with Crippen molar-refractivity contribution < 1.29 is 4.79 Å². The first-order valence-electron chi connectivity index (χ1n) is 5.87. The summed E-state index contributed by atoms with van der Waals surface area (Å²) in [6.45, 7) is 6.06. The molecule has 0 fully saturated rings. The van der Waals surface area contributed by atoms with E-state index in [-0.39, 0.29) is 5.78 Å². The highest BCUT2D eigenvalue weighted by atomic mass is 79.9. The van der Waals surface area contributed by atoms with Crippen LogP contribution in [0.1, 0.15) is 32.6 Å². The molecule has 0 bridgehead atoms. The van der Waals surface area contributed by atoms with Crippen LogP contribution in [0.5, 0.6) is 0 Å². The van der Waals surface area contributed by atoms with Gasteiger partial charge in [-0.05, 0) is 50.1 Å². The molecule has 2 aromatic rings. The van der Waals surface area contributed by atoms with E-state index in [4.69, 9.17) is 0 Å². The molecule has 0 aromatic heterocycles. The van der Waals surface area contributed by atoms with Crippen molar-refractivity contribution in [2.45, 2.75) is 20.8 Å². The van der Waals surface area contributed by atoms with E-state index in [2.05, 4.69) is 15.9 Å². The smallest absolute Gasteiger partial charge is 0.194 e. The zero-order chi connectivity index (χ0) is 13.3. The van der Waals surface area contributed by atoms with Gasteiger partial charge in [0.2, 0.25) is 0 Å². The fourth-order valence-corrected chi connectivity index (χ4v) is 2.28. The number of benzene rings is 2. The predicted octanol–water partition coefficient (Wildman–Crippen LogP) is 4.61. The molecule has 0 amide bonds. The van der Waals surface area contributed by atoms with Gasteiger partial charge in [0.25, 0.3) is 0 Å². The predicted molar refractivity (Wildman–Crippen MR) is 78.2 cm³/mol. The van der Waals surface area contributed by atoms with Crippen molar-refractivity contribution in [1.82, 2.24) is 0 Å². The Kier molecular flexibility index (Phi) is 3.67. The summed E-state index contributed by atoms with van der Waals surface area (Å²) in [5.41, 5.74) is 4.90. The first-order chi connectivity index (χ1) is 8.49. The molecule has 0 saturated carbocycles. The second-order valence-corrected chi connectivity index (χ2v) is 5.47. The molecule has 0 radical (unpaired) electrons. The van der Waals surface area contributed by atoms with E-state index in [1.807, 2.05) is 57.2 Å². The molecule has 0 aliphatic rings. The topological polar surface area (TPSA) is 17.1 Å². The lowest BCUT2D eigenvalue weighted by molar-refractivity contribution is 0.103. The molecular formula is C16H15BrO. The molecule has 2 rings (SSSR count). The van der Waals surface area contributed by atoms with Crippen molar-refractivity contribution in [2.24, 2.45) is 0 Å². The number of carbonyl (C=O) groups excluding carboxylic acids is 1. The third-order valence-corrected chi connectivity index (χ3v) is 3.83. The molecule has 0 aliphatic heterocycles. The summed E-state index contributed by atoms with van der Waals surface area (Å²) < 4.78 is 0.844. The number of carbonyl (C=O) groups is 1. The van der Waals surface area contributed by atoms with Gasteiger partial charge < -0.3 is 0 Å². The second kappa shape index (κ2) is 5.07. The van der Waals surface area contributed by atoms with E-state index in [1.165, 1.54) is 5.56 Å². The third kappa shape index (κ3) is 2.54. The van der Waals surface area contributed by atoms with Gasteiger partial charge >= 0.3 is 0 Å². The lowest BCUT2D eigenvalue weighted by Gasteiger charge is -2.07. The Bertz CT molecular complexity index is 614. The Morgan fingerprint density at radius 2 is 1.67 bits per heavy atom. The molecule has 2 heteroatoms. The van der Waals surface area contributed by atoms with Gasteiger partial charge in [0.05, 0.1) is 0 Å². The summed E-state index contributed by atoms with van der Waals surface area (Å²) in [6.07, 6.45) is 0. The SMILES string of the molecule is Cc1ccc(Br)c(C(=O)c2ccc(C)c(C)c2)c1. The van der Waals surface area contributed by atoms with Crippen LogP contribution in [0.25, 0.3) is 0 Å². The minimum absolute atomic E-state index is 0.0636. The van der Waals surface area contributed by atoms with E-state index >= 15 is 0 Å².